The Bertz CT molecular complexity index is 841. The van der Waals surface area contributed by atoms with Crippen LogP contribution in [0.5, 0.6) is 0 Å². The SMILES string of the molecule is CC(C)C[C@H](NC(=O)N[C@@H](C)C(N)=O)NC(=O)[C@H](COCc1ccccc1)NC(=O)OC(C)(C)C. The smallest absolute Gasteiger partial charge is 0.408 e. The van der Waals surface area contributed by atoms with Crippen LogP contribution in [-0.2, 0) is 25.7 Å². The molecule has 11 heteroatoms. The number of ether oxygens (including phenoxy) is 2. The standard InChI is InChI=1S/C24H39N5O6/c1-15(2)12-19(29-22(32)26-16(3)20(25)30)28-21(31)18(27-23(33)35-24(4,5)6)14-34-13-17-10-8-7-9-11-17/h7-11,15-16,18-19H,12-14H2,1-6H3,(H2,25,30)(H,27,33)(H,28,31)(H2,26,29,32)/t16-,18-,19-/m0/s1. The Morgan fingerprint density at radius 1 is 0.943 bits per heavy atom. The summed E-state index contributed by atoms with van der Waals surface area (Å²) in [4.78, 5) is 48.9. The Morgan fingerprint density at radius 3 is 2.11 bits per heavy atom. The van der Waals surface area contributed by atoms with Crippen LogP contribution in [0.15, 0.2) is 30.3 Å². The van der Waals surface area contributed by atoms with Crippen molar-refractivity contribution in [3.63, 3.8) is 0 Å². The van der Waals surface area contributed by atoms with E-state index in [0.29, 0.717) is 6.42 Å². The summed E-state index contributed by atoms with van der Waals surface area (Å²) in [6, 6.07) is 6.74. The third-order valence-corrected chi connectivity index (χ3v) is 4.51. The molecule has 0 aliphatic carbocycles. The summed E-state index contributed by atoms with van der Waals surface area (Å²) >= 11 is 0. The van der Waals surface area contributed by atoms with Gasteiger partial charge in [0.1, 0.15) is 23.9 Å². The van der Waals surface area contributed by atoms with Crippen molar-refractivity contribution >= 4 is 23.9 Å². The lowest BCUT2D eigenvalue weighted by atomic mass is 10.1. The van der Waals surface area contributed by atoms with Gasteiger partial charge in [0.15, 0.2) is 0 Å². The minimum atomic E-state index is -1.09. The van der Waals surface area contributed by atoms with E-state index in [2.05, 4.69) is 21.3 Å². The topological polar surface area (TPSA) is 161 Å². The maximum Gasteiger partial charge on any atom is 0.408 e. The van der Waals surface area contributed by atoms with E-state index in [1.54, 1.807) is 20.8 Å². The number of amides is 5. The van der Waals surface area contributed by atoms with Gasteiger partial charge in [-0.3, -0.25) is 9.59 Å². The number of hydrogen-bond acceptors (Lipinski definition) is 6. The lowest BCUT2D eigenvalue weighted by Crippen LogP contribution is -2.58. The van der Waals surface area contributed by atoms with E-state index in [1.165, 1.54) is 6.92 Å². The number of hydrogen-bond donors (Lipinski definition) is 5. The zero-order valence-electron chi connectivity index (χ0n) is 21.3. The lowest BCUT2D eigenvalue weighted by Gasteiger charge is -2.27. The van der Waals surface area contributed by atoms with Crippen LogP contribution in [-0.4, -0.2) is 54.4 Å². The second-order valence-corrected chi connectivity index (χ2v) is 9.63. The van der Waals surface area contributed by atoms with Gasteiger partial charge in [0.25, 0.3) is 0 Å². The van der Waals surface area contributed by atoms with Crippen LogP contribution in [0.4, 0.5) is 9.59 Å². The average Bonchev–Trinajstić information content (AvgIpc) is 2.71. The van der Waals surface area contributed by atoms with Crippen molar-refractivity contribution < 1.29 is 28.7 Å². The zero-order valence-corrected chi connectivity index (χ0v) is 21.3. The summed E-state index contributed by atoms with van der Waals surface area (Å²) in [5.74, 6) is -1.15. The van der Waals surface area contributed by atoms with Gasteiger partial charge in [-0.1, -0.05) is 44.2 Å². The maximum atomic E-state index is 13.1. The summed E-state index contributed by atoms with van der Waals surface area (Å²) < 4.78 is 10.9. The van der Waals surface area contributed by atoms with Crippen LogP contribution < -0.4 is 27.0 Å². The molecule has 6 N–H and O–H groups in total. The number of nitrogens with one attached hydrogen (secondary N) is 4. The molecule has 0 aliphatic rings. The first-order valence-corrected chi connectivity index (χ1v) is 11.5. The molecule has 1 rings (SSSR count). The van der Waals surface area contributed by atoms with Crippen molar-refractivity contribution in [2.75, 3.05) is 6.61 Å². The summed E-state index contributed by atoms with van der Waals surface area (Å²) in [6.45, 7) is 10.5. The molecule has 0 fully saturated rings. The predicted octanol–water partition coefficient (Wildman–Crippen LogP) is 1.76. The van der Waals surface area contributed by atoms with E-state index >= 15 is 0 Å². The highest BCUT2D eigenvalue weighted by molar-refractivity contribution is 5.87. The minimum Gasteiger partial charge on any atom is -0.444 e. The largest absolute Gasteiger partial charge is 0.444 e. The molecule has 5 amide bonds. The van der Waals surface area contributed by atoms with Crippen LogP contribution in [0, 0.1) is 5.92 Å². The number of alkyl carbamates (subject to hydrolysis) is 1. The first kappa shape index (κ1) is 29.7. The molecule has 0 unspecified atom stereocenters. The summed E-state index contributed by atoms with van der Waals surface area (Å²) in [5.41, 5.74) is 5.33. The molecule has 0 saturated heterocycles. The average molecular weight is 494 g/mol. The molecule has 196 valence electrons. The number of rotatable bonds is 12. The van der Waals surface area contributed by atoms with Gasteiger partial charge in [0.2, 0.25) is 11.8 Å². The molecule has 35 heavy (non-hydrogen) atoms. The van der Waals surface area contributed by atoms with Gasteiger partial charge in [0, 0.05) is 0 Å². The van der Waals surface area contributed by atoms with E-state index in [0.717, 1.165) is 5.56 Å². The van der Waals surface area contributed by atoms with Crippen molar-refractivity contribution in [3.05, 3.63) is 35.9 Å². The normalized spacial score (nSPS) is 13.8. The Hall–Kier alpha value is -3.34. The van der Waals surface area contributed by atoms with Crippen molar-refractivity contribution in [2.24, 2.45) is 11.7 Å². The van der Waals surface area contributed by atoms with E-state index in [9.17, 15) is 19.2 Å². The molecule has 0 heterocycles. The van der Waals surface area contributed by atoms with Gasteiger partial charge in [0.05, 0.1) is 13.2 Å². The van der Waals surface area contributed by atoms with Gasteiger partial charge in [-0.15, -0.1) is 0 Å². The number of carbonyl (C=O) groups excluding carboxylic acids is 4. The van der Waals surface area contributed by atoms with Gasteiger partial charge >= 0.3 is 12.1 Å². The number of primary amides is 1. The Kier molecular flexibility index (Phi) is 12.0. The number of nitrogens with two attached hydrogens (primary N) is 1. The van der Waals surface area contributed by atoms with Crippen molar-refractivity contribution in [3.8, 4) is 0 Å². The molecular weight excluding hydrogens is 454 g/mol. The third kappa shape index (κ3) is 13.2. The molecule has 0 radical (unpaired) electrons. The van der Waals surface area contributed by atoms with Gasteiger partial charge < -0.3 is 36.5 Å². The fourth-order valence-electron chi connectivity index (χ4n) is 2.87. The summed E-state index contributed by atoms with van der Waals surface area (Å²) in [6.07, 6.45) is -1.16. The van der Waals surface area contributed by atoms with Gasteiger partial charge in [-0.2, -0.15) is 0 Å². The molecule has 11 nitrogen and oxygen atoms in total. The molecule has 1 aromatic rings. The fraction of sp³-hybridized carbons (Fsp3) is 0.583. The third-order valence-electron chi connectivity index (χ3n) is 4.51. The van der Waals surface area contributed by atoms with Crippen LogP contribution in [0.2, 0.25) is 0 Å². The number of benzene rings is 1. The highest BCUT2D eigenvalue weighted by Gasteiger charge is 2.27. The quantitative estimate of drug-likeness (QED) is 0.279. The first-order chi connectivity index (χ1) is 16.3. The summed E-state index contributed by atoms with van der Waals surface area (Å²) in [5, 5.41) is 10.3. The fourth-order valence-corrected chi connectivity index (χ4v) is 2.87. The second kappa shape index (κ2) is 14.1. The van der Waals surface area contributed by atoms with E-state index in [-0.39, 0.29) is 19.1 Å². The lowest BCUT2D eigenvalue weighted by molar-refractivity contribution is -0.126. The summed E-state index contributed by atoms with van der Waals surface area (Å²) in [7, 11) is 0. The van der Waals surface area contributed by atoms with Crippen LogP contribution in [0.25, 0.3) is 0 Å². The van der Waals surface area contributed by atoms with E-state index in [1.807, 2.05) is 44.2 Å². The van der Waals surface area contributed by atoms with Crippen LogP contribution >= 0.6 is 0 Å². The molecule has 0 aliphatic heterocycles. The van der Waals surface area contributed by atoms with Crippen LogP contribution in [0.1, 0.15) is 53.5 Å². The number of carbonyl (C=O) groups is 4. The highest BCUT2D eigenvalue weighted by atomic mass is 16.6. The monoisotopic (exact) mass is 493 g/mol. The van der Waals surface area contributed by atoms with Gasteiger partial charge in [-0.25, -0.2) is 9.59 Å². The zero-order chi connectivity index (χ0) is 26.6. The van der Waals surface area contributed by atoms with Gasteiger partial charge in [-0.05, 0) is 45.6 Å². The maximum absolute atomic E-state index is 13.1. The van der Waals surface area contributed by atoms with E-state index in [4.69, 9.17) is 15.2 Å². The van der Waals surface area contributed by atoms with Crippen LogP contribution in [0.3, 0.4) is 0 Å². The Labute approximate surface area is 206 Å². The molecular formula is C24H39N5O6. The van der Waals surface area contributed by atoms with E-state index < -0.39 is 47.8 Å². The Morgan fingerprint density at radius 2 is 1.57 bits per heavy atom. The first-order valence-electron chi connectivity index (χ1n) is 11.5. The van der Waals surface area contributed by atoms with Crippen molar-refractivity contribution in [1.82, 2.24) is 21.3 Å². The number of urea groups is 1. The van der Waals surface area contributed by atoms with Crippen molar-refractivity contribution in [1.29, 1.82) is 0 Å². The molecule has 0 saturated carbocycles. The second-order valence-electron chi connectivity index (χ2n) is 9.63. The Balaban J connectivity index is 2.88. The predicted molar refractivity (Wildman–Crippen MR) is 131 cm³/mol. The minimum absolute atomic E-state index is 0.112. The molecule has 0 aromatic heterocycles. The molecule has 0 bridgehead atoms. The van der Waals surface area contributed by atoms with Crippen molar-refractivity contribution in [2.45, 2.75) is 78.4 Å². The highest BCUT2D eigenvalue weighted by Crippen LogP contribution is 2.08. The molecule has 1 aromatic carbocycles. The molecule has 3 atom stereocenters. The molecule has 0 spiro atoms.